The van der Waals surface area contributed by atoms with Gasteiger partial charge in [0, 0.05) is 21.4 Å². The molecule has 0 saturated carbocycles. The van der Waals surface area contributed by atoms with E-state index in [4.69, 9.17) is 0 Å². The molecule has 18 heavy (non-hydrogen) atoms. The van der Waals surface area contributed by atoms with Crippen LogP contribution in [-0.2, 0) is 0 Å². The maximum atomic E-state index is 13.4. The molecule has 2 aromatic rings. The van der Waals surface area contributed by atoms with E-state index in [9.17, 15) is 9.50 Å². The fourth-order valence-electron chi connectivity index (χ4n) is 1.64. The first-order chi connectivity index (χ1) is 8.66. The molecule has 2 aromatic carbocycles. The molecule has 0 amide bonds. The van der Waals surface area contributed by atoms with Crippen molar-refractivity contribution in [3.63, 3.8) is 0 Å². The molecule has 0 fully saturated rings. The lowest BCUT2D eigenvalue weighted by Crippen LogP contribution is -2.13. The summed E-state index contributed by atoms with van der Waals surface area (Å²) in [5, 5.41) is 13.0. The first kappa shape index (κ1) is 13.3. The molecule has 0 saturated heterocycles. The molecular formula is C14H13FINO. The zero-order valence-electron chi connectivity index (χ0n) is 9.61. The van der Waals surface area contributed by atoms with E-state index < -0.39 is 6.10 Å². The van der Waals surface area contributed by atoms with Crippen LogP contribution in [-0.4, -0.2) is 11.7 Å². The van der Waals surface area contributed by atoms with Crippen LogP contribution >= 0.6 is 22.6 Å². The van der Waals surface area contributed by atoms with Gasteiger partial charge in [0.05, 0.1) is 6.10 Å². The molecule has 0 aliphatic rings. The van der Waals surface area contributed by atoms with Crippen molar-refractivity contribution in [1.82, 2.24) is 0 Å². The molecule has 2 nitrogen and oxygen atoms in total. The second kappa shape index (κ2) is 6.15. The van der Waals surface area contributed by atoms with Crippen molar-refractivity contribution >= 4 is 28.3 Å². The van der Waals surface area contributed by atoms with Crippen molar-refractivity contribution in [2.24, 2.45) is 0 Å². The molecule has 0 heterocycles. The van der Waals surface area contributed by atoms with Crippen molar-refractivity contribution < 1.29 is 9.50 Å². The third-order valence-corrected chi connectivity index (χ3v) is 3.33. The Balaban J connectivity index is 1.98. The van der Waals surface area contributed by atoms with E-state index >= 15 is 0 Å². The fourth-order valence-corrected chi connectivity index (χ4v) is 2.00. The van der Waals surface area contributed by atoms with Crippen molar-refractivity contribution in [3.8, 4) is 0 Å². The minimum absolute atomic E-state index is 0.279. The lowest BCUT2D eigenvalue weighted by Gasteiger charge is -2.13. The maximum Gasteiger partial charge on any atom is 0.129 e. The number of benzene rings is 2. The Bertz CT molecular complexity index is 515. The van der Waals surface area contributed by atoms with Crippen molar-refractivity contribution in [1.29, 1.82) is 0 Å². The van der Waals surface area contributed by atoms with Gasteiger partial charge in [-0.2, -0.15) is 0 Å². The standard InChI is InChI=1S/C14H13FINO/c15-13-4-2-1-3-12(13)14(18)9-17-11-7-5-10(16)6-8-11/h1-8,14,17-18H,9H2. The van der Waals surface area contributed by atoms with Gasteiger partial charge in [-0.3, -0.25) is 0 Å². The van der Waals surface area contributed by atoms with E-state index in [2.05, 4.69) is 27.9 Å². The van der Waals surface area contributed by atoms with Crippen LogP contribution in [0.25, 0.3) is 0 Å². The van der Waals surface area contributed by atoms with Gasteiger partial charge in [-0.15, -0.1) is 0 Å². The van der Waals surface area contributed by atoms with Crippen LogP contribution in [0.5, 0.6) is 0 Å². The Labute approximate surface area is 119 Å². The van der Waals surface area contributed by atoms with Crippen molar-refractivity contribution in [3.05, 3.63) is 63.5 Å². The summed E-state index contributed by atoms with van der Waals surface area (Å²) in [6.07, 6.45) is -0.856. The summed E-state index contributed by atoms with van der Waals surface area (Å²) >= 11 is 2.23. The minimum Gasteiger partial charge on any atom is -0.386 e. The van der Waals surface area contributed by atoms with Crippen molar-refractivity contribution in [2.45, 2.75) is 6.10 Å². The van der Waals surface area contributed by atoms with Crippen molar-refractivity contribution in [2.75, 3.05) is 11.9 Å². The maximum absolute atomic E-state index is 13.4. The quantitative estimate of drug-likeness (QED) is 0.820. The number of anilines is 1. The average Bonchev–Trinajstić information content (AvgIpc) is 2.38. The van der Waals surface area contributed by atoms with E-state index in [0.717, 1.165) is 9.26 Å². The van der Waals surface area contributed by atoms with Gasteiger partial charge in [0.1, 0.15) is 5.82 Å². The molecule has 94 valence electrons. The molecule has 0 radical (unpaired) electrons. The lowest BCUT2D eigenvalue weighted by molar-refractivity contribution is 0.186. The topological polar surface area (TPSA) is 32.3 Å². The van der Waals surface area contributed by atoms with Gasteiger partial charge in [-0.25, -0.2) is 4.39 Å². The van der Waals surface area contributed by atoms with Crippen LogP contribution in [0.2, 0.25) is 0 Å². The van der Waals surface area contributed by atoms with Gasteiger partial charge in [-0.05, 0) is 52.9 Å². The van der Waals surface area contributed by atoms with E-state index in [1.165, 1.54) is 6.07 Å². The largest absolute Gasteiger partial charge is 0.386 e. The number of aliphatic hydroxyl groups excluding tert-OH is 1. The Morgan fingerprint density at radius 2 is 1.78 bits per heavy atom. The Kier molecular flexibility index (Phi) is 4.54. The van der Waals surface area contributed by atoms with Crippen LogP contribution in [0.1, 0.15) is 11.7 Å². The third kappa shape index (κ3) is 3.43. The van der Waals surface area contributed by atoms with E-state index in [-0.39, 0.29) is 12.4 Å². The third-order valence-electron chi connectivity index (χ3n) is 2.61. The average molecular weight is 357 g/mol. The summed E-state index contributed by atoms with van der Waals surface area (Å²) < 4.78 is 14.6. The van der Waals surface area contributed by atoms with Gasteiger partial charge in [0.15, 0.2) is 0 Å². The smallest absolute Gasteiger partial charge is 0.129 e. The molecule has 0 aromatic heterocycles. The van der Waals surface area contributed by atoms with E-state index in [1.807, 2.05) is 24.3 Å². The number of rotatable bonds is 4. The number of hydrogen-bond acceptors (Lipinski definition) is 2. The first-order valence-corrected chi connectivity index (χ1v) is 6.66. The second-order valence-electron chi connectivity index (χ2n) is 3.93. The van der Waals surface area contributed by atoms with Crippen LogP contribution in [0.15, 0.2) is 48.5 Å². The highest BCUT2D eigenvalue weighted by molar-refractivity contribution is 14.1. The Morgan fingerprint density at radius 3 is 2.44 bits per heavy atom. The summed E-state index contributed by atoms with van der Waals surface area (Å²) in [6, 6.07) is 14.1. The molecule has 0 aliphatic carbocycles. The van der Waals surface area contributed by atoms with Crippen LogP contribution < -0.4 is 5.32 Å². The predicted molar refractivity (Wildman–Crippen MR) is 79.0 cm³/mol. The highest BCUT2D eigenvalue weighted by atomic mass is 127. The van der Waals surface area contributed by atoms with Crippen LogP contribution in [0.4, 0.5) is 10.1 Å². The SMILES string of the molecule is OC(CNc1ccc(I)cc1)c1ccccc1F. The summed E-state index contributed by atoms with van der Waals surface area (Å²) in [6.45, 7) is 0.279. The predicted octanol–water partition coefficient (Wildman–Crippen LogP) is 3.58. The fraction of sp³-hybridized carbons (Fsp3) is 0.143. The molecule has 0 aliphatic heterocycles. The monoisotopic (exact) mass is 357 g/mol. The second-order valence-corrected chi connectivity index (χ2v) is 5.17. The van der Waals surface area contributed by atoms with Gasteiger partial charge in [0.25, 0.3) is 0 Å². The number of nitrogens with one attached hydrogen (secondary N) is 1. The molecule has 1 unspecified atom stereocenters. The Hall–Kier alpha value is -1.14. The molecule has 2 N–H and O–H groups in total. The first-order valence-electron chi connectivity index (χ1n) is 5.59. The zero-order valence-corrected chi connectivity index (χ0v) is 11.8. The molecule has 4 heteroatoms. The zero-order chi connectivity index (χ0) is 13.0. The number of aliphatic hydroxyl groups is 1. The van der Waals surface area contributed by atoms with Crippen LogP contribution in [0.3, 0.4) is 0 Å². The summed E-state index contributed by atoms with van der Waals surface area (Å²) in [4.78, 5) is 0. The highest BCUT2D eigenvalue weighted by Crippen LogP contribution is 2.18. The highest BCUT2D eigenvalue weighted by Gasteiger charge is 2.11. The van der Waals surface area contributed by atoms with Crippen LogP contribution in [0, 0.1) is 9.39 Å². The van der Waals surface area contributed by atoms with Gasteiger partial charge in [-0.1, -0.05) is 18.2 Å². The normalized spacial score (nSPS) is 12.2. The molecule has 2 rings (SSSR count). The van der Waals surface area contributed by atoms with E-state index in [0.29, 0.717) is 5.56 Å². The summed E-state index contributed by atoms with van der Waals surface area (Å²) in [5.41, 5.74) is 1.22. The summed E-state index contributed by atoms with van der Waals surface area (Å²) in [7, 11) is 0. The lowest BCUT2D eigenvalue weighted by atomic mass is 10.1. The van der Waals surface area contributed by atoms with Gasteiger partial charge < -0.3 is 10.4 Å². The Morgan fingerprint density at radius 1 is 1.11 bits per heavy atom. The molecule has 0 bridgehead atoms. The van der Waals surface area contributed by atoms with Gasteiger partial charge in [0.2, 0.25) is 0 Å². The minimum atomic E-state index is -0.856. The number of halogens is 2. The molecular weight excluding hydrogens is 344 g/mol. The van der Waals surface area contributed by atoms with Gasteiger partial charge >= 0.3 is 0 Å². The summed E-state index contributed by atoms with van der Waals surface area (Å²) in [5.74, 6) is -0.380. The molecule has 0 spiro atoms. The molecule has 1 atom stereocenters. The van der Waals surface area contributed by atoms with E-state index in [1.54, 1.807) is 18.2 Å². The number of hydrogen-bond donors (Lipinski definition) is 2.